The van der Waals surface area contributed by atoms with Gasteiger partial charge in [0, 0.05) is 5.69 Å². The molecule has 2 N–H and O–H groups in total. The summed E-state index contributed by atoms with van der Waals surface area (Å²) in [7, 11) is -4.41. The number of hydrogen-bond donors (Lipinski definition) is 2. The fraction of sp³-hybridized carbons (Fsp3) is 0.125. The maximum absolute atomic E-state index is 14.1. The molecule has 0 heterocycles. The highest BCUT2D eigenvalue weighted by Crippen LogP contribution is 2.16. The van der Waals surface area contributed by atoms with Crippen molar-refractivity contribution >= 4 is 27.6 Å². The van der Waals surface area contributed by atoms with Gasteiger partial charge >= 0.3 is 5.97 Å². The first kappa shape index (κ1) is 24.6. The van der Waals surface area contributed by atoms with Gasteiger partial charge in [-0.25, -0.2) is 12.8 Å². The van der Waals surface area contributed by atoms with E-state index in [1.807, 2.05) is 6.07 Å². The second-order valence-corrected chi connectivity index (χ2v) is 8.82. The fourth-order valence-electron chi connectivity index (χ4n) is 3.04. The number of nitrogens with one attached hydrogen (secondary N) is 2. The van der Waals surface area contributed by atoms with E-state index < -0.39 is 45.3 Å². The van der Waals surface area contributed by atoms with Crippen LogP contribution in [0.2, 0.25) is 0 Å². The van der Waals surface area contributed by atoms with Gasteiger partial charge < -0.3 is 10.1 Å². The Bertz CT molecular complexity index is 1320. The summed E-state index contributed by atoms with van der Waals surface area (Å²) in [4.78, 5) is 24.3. The van der Waals surface area contributed by atoms with Crippen LogP contribution in [0.25, 0.3) is 0 Å². The van der Waals surface area contributed by atoms with Gasteiger partial charge in [-0.15, -0.1) is 0 Å². The van der Waals surface area contributed by atoms with Crippen molar-refractivity contribution < 1.29 is 27.1 Å². The third-order valence-electron chi connectivity index (χ3n) is 4.61. The molecule has 0 radical (unpaired) electrons. The molecule has 0 aromatic heterocycles. The summed E-state index contributed by atoms with van der Waals surface area (Å²) in [6.45, 7) is -0.692. The number of hydrogen-bond acceptors (Lipinski definition) is 6. The summed E-state index contributed by atoms with van der Waals surface area (Å²) in [6.07, 6.45) is -0.0841. The number of carbonyl (C=O) groups excluding carboxylic acids is 2. The van der Waals surface area contributed by atoms with E-state index in [4.69, 9.17) is 10.00 Å². The Kier molecular flexibility index (Phi) is 8.08. The van der Waals surface area contributed by atoms with Crippen molar-refractivity contribution in [1.82, 2.24) is 4.72 Å². The number of benzene rings is 3. The van der Waals surface area contributed by atoms with Crippen LogP contribution in [0.15, 0.2) is 83.8 Å². The maximum atomic E-state index is 14.1. The van der Waals surface area contributed by atoms with Gasteiger partial charge in [0.2, 0.25) is 10.0 Å². The molecule has 34 heavy (non-hydrogen) atoms. The first-order valence-electron chi connectivity index (χ1n) is 10.1. The summed E-state index contributed by atoms with van der Waals surface area (Å²) in [5.41, 5.74) is 1.29. The van der Waals surface area contributed by atoms with Crippen LogP contribution in [0.1, 0.15) is 11.1 Å². The standard InChI is InChI=1S/C24H20FN3O5S/c25-20-11-4-5-12-22(20)34(31,32)28-21(14-17-7-2-1-3-8-17)24(30)33-16-23(29)27-19-10-6-9-18(13-19)15-26/h1-13,21,28H,14,16H2,(H,27,29)/t21-/m0/s1. The first-order valence-corrected chi connectivity index (χ1v) is 11.5. The zero-order chi connectivity index (χ0) is 24.6. The van der Waals surface area contributed by atoms with Crippen LogP contribution in [0, 0.1) is 17.1 Å². The highest BCUT2D eigenvalue weighted by atomic mass is 32.2. The average Bonchev–Trinajstić information content (AvgIpc) is 2.83. The van der Waals surface area contributed by atoms with Crippen molar-refractivity contribution in [2.45, 2.75) is 17.4 Å². The maximum Gasteiger partial charge on any atom is 0.325 e. The van der Waals surface area contributed by atoms with E-state index in [1.165, 1.54) is 18.2 Å². The topological polar surface area (TPSA) is 125 Å². The van der Waals surface area contributed by atoms with Gasteiger partial charge in [0.1, 0.15) is 16.8 Å². The second kappa shape index (κ2) is 11.2. The third-order valence-corrected chi connectivity index (χ3v) is 6.12. The Balaban J connectivity index is 1.72. The zero-order valence-electron chi connectivity index (χ0n) is 17.8. The summed E-state index contributed by atoms with van der Waals surface area (Å²) < 4.78 is 46.8. The quantitative estimate of drug-likeness (QED) is 0.453. The summed E-state index contributed by atoms with van der Waals surface area (Å²) in [5.74, 6) is -2.66. The second-order valence-electron chi connectivity index (χ2n) is 7.14. The lowest BCUT2D eigenvalue weighted by molar-refractivity contribution is -0.149. The van der Waals surface area contributed by atoms with Crippen LogP contribution in [0.4, 0.5) is 10.1 Å². The molecule has 174 valence electrons. The number of esters is 1. The van der Waals surface area contributed by atoms with E-state index in [1.54, 1.807) is 48.5 Å². The number of halogens is 1. The molecule has 0 bridgehead atoms. The molecular weight excluding hydrogens is 461 g/mol. The van der Waals surface area contributed by atoms with Gasteiger partial charge in [0.05, 0.1) is 11.6 Å². The van der Waals surface area contributed by atoms with Crippen molar-refractivity contribution in [3.05, 3.63) is 95.8 Å². The monoisotopic (exact) mass is 481 g/mol. The van der Waals surface area contributed by atoms with Crippen molar-refractivity contribution in [1.29, 1.82) is 5.26 Å². The van der Waals surface area contributed by atoms with Crippen LogP contribution in [0.3, 0.4) is 0 Å². The minimum atomic E-state index is -4.41. The van der Waals surface area contributed by atoms with Gasteiger partial charge in [-0.2, -0.15) is 9.98 Å². The SMILES string of the molecule is N#Cc1cccc(NC(=O)COC(=O)[C@H](Cc2ccccc2)NS(=O)(=O)c2ccccc2F)c1. The van der Waals surface area contributed by atoms with E-state index in [0.29, 0.717) is 16.8 Å². The molecule has 3 aromatic rings. The first-order chi connectivity index (χ1) is 16.3. The number of nitriles is 1. The molecule has 0 spiro atoms. The lowest BCUT2D eigenvalue weighted by Crippen LogP contribution is -2.44. The van der Waals surface area contributed by atoms with E-state index in [9.17, 15) is 22.4 Å². The third kappa shape index (κ3) is 6.71. The van der Waals surface area contributed by atoms with E-state index in [0.717, 1.165) is 12.1 Å². The van der Waals surface area contributed by atoms with Gasteiger partial charge in [0.15, 0.2) is 6.61 Å². The Labute approximate surface area is 196 Å². The number of amides is 1. The van der Waals surface area contributed by atoms with Crippen molar-refractivity contribution in [2.75, 3.05) is 11.9 Å². The van der Waals surface area contributed by atoms with Crippen molar-refractivity contribution in [2.24, 2.45) is 0 Å². The lowest BCUT2D eigenvalue weighted by Gasteiger charge is -2.18. The Morgan fingerprint density at radius 1 is 1.00 bits per heavy atom. The minimum absolute atomic E-state index is 0.0841. The smallest absolute Gasteiger partial charge is 0.325 e. The molecule has 0 aliphatic rings. The number of carbonyl (C=O) groups is 2. The molecule has 8 nitrogen and oxygen atoms in total. The average molecular weight is 482 g/mol. The van der Waals surface area contributed by atoms with Crippen LogP contribution < -0.4 is 10.0 Å². The minimum Gasteiger partial charge on any atom is -0.454 e. The van der Waals surface area contributed by atoms with E-state index in [2.05, 4.69) is 10.0 Å². The highest BCUT2D eigenvalue weighted by Gasteiger charge is 2.29. The molecule has 0 fully saturated rings. The molecule has 10 heteroatoms. The normalized spacial score (nSPS) is 11.8. The summed E-state index contributed by atoms with van der Waals surface area (Å²) in [6, 6.07) is 20.0. The van der Waals surface area contributed by atoms with E-state index in [-0.39, 0.29) is 6.42 Å². The molecule has 1 atom stereocenters. The van der Waals surface area contributed by atoms with Gasteiger partial charge in [-0.3, -0.25) is 9.59 Å². The molecule has 0 saturated heterocycles. The van der Waals surface area contributed by atoms with Crippen LogP contribution in [-0.4, -0.2) is 32.9 Å². The van der Waals surface area contributed by atoms with Crippen LogP contribution in [-0.2, 0) is 30.8 Å². The molecule has 0 aliphatic heterocycles. The Hall–Kier alpha value is -4.07. The molecule has 3 rings (SSSR count). The predicted octanol–water partition coefficient (Wildman–Crippen LogP) is 2.77. The number of sulfonamides is 1. The molecule has 0 aliphatic carbocycles. The molecule has 3 aromatic carbocycles. The van der Waals surface area contributed by atoms with Gasteiger partial charge in [-0.05, 0) is 42.3 Å². The Morgan fingerprint density at radius 2 is 1.71 bits per heavy atom. The van der Waals surface area contributed by atoms with E-state index >= 15 is 0 Å². The molecule has 0 saturated carbocycles. The number of ether oxygens (including phenoxy) is 1. The summed E-state index contributed by atoms with van der Waals surface area (Å²) in [5, 5.41) is 11.4. The van der Waals surface area contributed by atoms with Crippen molar-refractivity contribution in [3.8, 4) is 6.07 Å². The van der Waals surface area contributed by atoms with Crippen LogP contribution in [0.5, 0.6) is 0 Å². The van der Waals surface area contributed by atoms with Gasteiger partial charge in [0.25, 0.3) is 5.91 Å². The molecule has 0 unspecified atom stereocenters. The highest BCUT2D eigenvalue weighted by molar-refractivity contribution is 7.89. The molecular formula is C24H20FN3O5S. The largest absolute Gasteiger partial charge is 0.454 e. The predicted molar refractivity (Wildman–Crippen MR) is 121 cm³/mol. The van der Waals surface area contributed by atoms with Gasteiger partial charge in [-0.1, -0.05) is 48.5 Å². The van der Waals surface area contributed by atoms with Crippen LogP contribution >= 0.6 is 0 Å². The molecule has 1 amide bonds. The summed E-state index contributed by atoms with van der Waals surface area (Å²) >= 11 is 0. The zero-order valence-corrected chi connectivity index (χ0v) is 18.6. The number of rotatable bonds is 9. The lowest BCUT2D eigenvalue weighted by atomic mass is 10.1. The number of anilines is 1. The fourth-order valence-corrected chi connectivity index (χ4v) is 4.30. The number of nitrogens with zero attached hydrogens (tertiary/aromatic N) is 1. The Morgan fingerprint density at radius 3 is 2.41 bits per heavy atom. The van der Waals surface area contributed by atoms with Crippen molar-refractivity contribution in [3.63, 3.8) is 0 Å².